The van der Waals surface area contributed by atoms with Crippen LogP contribution in [0.1, 0.15) is 30.9 Å². The maximum absolute atomic E-state index is 13.1. The molecule has 1 rings (SSSR count). The predicted molar refractivity (Wildman–Crippen MR) is 62.6 cm³/mol. The van der Waals surface area contributed by atoms with Crippen LogP contribution in [0.25, 0.3) is 0 Å². The van der Waals surface area contributed by atoms with E-state index < -0.39 is 0 Å². The van der Waals surface area contributed by atoms with Crippen molar-refractivity contribution in [3.8, 4) is 0 Å². The molecule has 1 N–H and O–H groups in total. The van der Waals surface area contributed by atoms with Gasteiger partial charge < -0.3 is 5.32 Å². The summed E-state index contributed by atoms with van der Waals surface area (Å²) in [4.78, 5) is 0. The molecule has 0 heterocycles. The molecule has 0 fully saturated rings. The predicted octanol–water partition coefficient (Wildman–Crippen LogP) is 3.06. The van der Waals surface area contributed by atoms with Crippen molar-refractivity contribution in [1.29, 1.82) is 0 Å². The molecule has 2 heteroatoms. The van der Waals surface area contributed by atoms with Crippen LogP contribution in [0, 0.1) is 12.7 Å². The van der Waals surface area contributed by atoms with E-state index in [-0.39, 0.29) is 5.82 Å². The Kier molecular flexibility index (Phi) is 4.76. The van der Waals surface area contributed by atoms with Gasteiger partial charge in [-0.25, -0.2) is 4.39 Å². The van der Waals surface area contributed by atoms with Gasteiger partial charge in [-0.15, -0.1) is 0 Å². The number of aryl methyl sites for hydroxylation is 2. The standard InChI is InChI=1S/C13H20FN/c1-4-13(15-3)6-5-11-7-10(2)8-12(14)9-11/h7-9,13,15H,4-6H2,1-3H3. The molecule has 0 saturated heterocycles. The van der Waals surface area contributed by atoms with E-state index in [1.165, 1.54) is 0 Å². The normalized spacial score (nSPS) is 12.8. The molecule has 1 unspecified atom stereocenters. The summed E-state index contributed by atoms with van der Waals surface area (Å²) in [6, 6.07) is 5.80. The van der Waals surface area contributed by atoms with Crippen molar-refractivity contribution in [2.75, 3.05) is 7.05 Å². The third-order valence-electron chi connectivity index (χ3n) is 2.78. The van der Waals surface area contributed by atoms with Crippen molar-refractivity contribution in [3.05, 3.63) is 35.1 Å². The number of hydrogen-bond donors (Lipinski definition) is 1. The van der Waals surface area contributed by atoms with Crippen molar-refractivity contribution in [2.45, 2.75) is 39.2 Å². The van der Waals surface area contributed by atoms with E-state index in [1.54, 1.807) is 12.1 Å². The van der Waals surface area contributed by atoms with Crippen LogP contribution in [0.5, 0.6) is 0 Å². The lowest BCUT2D eigenvalue weighted by atomic mass is 10.0. The topological polar surface area (TPSA) is 12.0 Å². The summed E-state index contributed by atoms with van der Waals surface area (Å²) in [7, 11) is 1.98. The molecule has 15 heavy (non-hydrogen) atoms. The minimum absolute atomic E-state index is 0.123. The number of halogens is 1. The molecule has 0 aliphatic rings. The maximum Gasteiger partial charge on any atom is 0.123 e. The third kappa shape index (κ3) is 4.00. The van der Waals surface area contributed by atoms with Gasteiger partial charge in [0.1, 0.15) is 5.82 Å². The summed E-state index contributed by atoms with van der Waals surface area (Å²) in [5.41, 5.74) is 2.10. The van der Waals surface area contributed by atoms with Crippen LogP contribution in [0.15, 0.2) is 18.2 Å². The molecule has 0 saturated carbocycles. The van der Waals surface area contributed by atoms with Gasteiger partial charge in [-0.2, -0.15) is 0 Å². The Bertz CT molecular complexity index is 285. The first-order valence-corrected chi connectivity index (χ1v) is 5.59. The Balaban J connectivity index is 2.57. The fraction of sp³-hybridized carbons (Fsp3) is 0.538. The molecule has 0 aliphatic heterocycles. The fourth-order valence-electron chi connectivity index (χ4n) is 1.85. The van der Waals surface area contributed by atoms with E-state index in [1.807, 2.05) is 14.0 Å². The second kappa shape index (κ2) is 5.86. The van der Waals surface area contributed by atoms with Crippen molar-refractivity contribution in [1.82, 2.24) is 5.32 Å². The molecule has 1 aromatic rings. The Hall–Kier alpha value is -0.890. The van der Waals surface area contributed by atoms with Gasteiger partial charge in [0.05, 0.1) is 0 Å². The fourth-order valence-corrected chi connectivity index (χ4v) is 1.85. The van der Waals surface area contributed by atoms with Gasteiger partial charge in [0, 0.05) is 6.04 Å². The van der Waals surface area contributed by atoms with Crippen LogP contribution in [0.3, 0.4) is 0 Å². The first-order valence-electron chi connectivity index (χ1n) is 5.59. The summed E-state index contributed by atoms with van der Waals surface area (Å²) >= 11 is 0. The van der Waals surface area contributed by atoms with Crippen molar-refractivity contribution < 1.29 is 4.39 Å². The first-order chi connectivity index (χ1) is 7.15. The minimum atomic E-state index is -0.123. The van der Waals surface area contributed by atoms with Crippen molar-refractivity contribution >= 4 is 0 Å². The lowest BCUT2D eigenvalue weighted by Gasteiger charge is -2.13. The second-order valence-corrected chi connectivity index (χ2v) is 4.07. The van der Waals surface area contributed by atoms with Crippen molar-refractivity contribution in [3.63, 3.8) is 0 Å². The summed E-state index contributed by atoms with van der Waals surface area (Å²) in [5, 5.41) is 3.26. The highest BCUT2D eigenvalue weighted by atomic mass is 19.1. The number of nitrogens with one attached hydrogen (secondary N) is 1. The van der Waals surface area contributed by atoms with E-state index in [0.29, 0.717) is 6.04 Å². The Morgan fingerprint density at radius 2 is 2.07 bits per heavy atom. The largest absolute Gasteiger partial charge is 0.317 e. The summed E-state index contributed by atoms with van der Waals surface area (Å²) in [6.07, 6.45) is 3.12. The molecule has 84 valence electrons. The van der Waals surface area contributed by atoms with Gasteiger partial charge in [0.15, 0.2) is 0 Å². The molecule has 0 bridgehead atoms. The van der Waals surface area contributed by atoms with Crippen molar-refractivity contribution in [2.24, 2.45) is 0 Å². The molecule has 1 aromatic carbocycles. The number of hydrogen-bond acceptors (Lipinski definition) is 1. The highest BCUT2D eigenvalue weighted by Crippen LogP contribution is 2.12. The first kappa shape index (κ1) is 12.2. The lowest BCUT2D eigenvalue weighted by Crippen LogP contribution is -2.24. The molecular weight excluding hydrogens is 189 g/mol. The molecule has 1 nitrogen and oxygen atoms in total. The lowest BCUT2D eigenvalue weighted by molar-refractivity contribution is 0.508. The highest BCUT2D eigenvalue weighted by molar-refractivity contribution is 5.23. The van der Waals surface area contributed by atoms with Gasteiger partial charge in [-0.1, -0.05) is 13.0 Å². The molecular formula is C13H20FN. The Morgan fingerprint density at radius 3 is 2.60 bits per heavy atom. The average molecular weight is 209 g/mol. The van der Waals surface area contributed by atoms with E-state index in [2.05, 4.69) is 18.3 Å². The zero-order valence-electron chi connectivity index (χ0n) is 9.81. The molecule has 0 amide bonds. The second-order valence-electron chi connectivity index (χ2n) is 4.07. The summed E-state index contributed by atoms with van der Waals surface area (Å²) in [5.74, 6) is -0.123. The van der Waals surface area contributed by atoms with Gasteiger partial charge >= 0.3 is 0 Å². The third-order valence-corrected chi connectivity index (χ3v) is 2.78. The van der Waals surface area contributed by atoms with Gasteiger partial charge in [-0.05, 0) is 56.5 Å². The molecule has 0 aliphatic carbocycles. The van der Waals surface area contributed by atoms with Crippen LogP contribution in [-0.2, 0) is 6.42 Å². The highest BCUT2D eigenvalue weighted by Gasteiger charge is 2.04. The molecule has 0 aromatic heterocycles. The molecule has 0 radical (unpaired) electrons. The van der Waals surface area contributed by atoms with Crippen LogP contribution < -0.4 is 5.32 Å². The van der Waals surface area contributed by atoms with Gasteiger partial charge in [-0.3, -0.25) is 0 Å². The number of rotatable bonds is 5. The van der Waals surface area contributed by atoms with Crippen LogP contribution >= 0.6 is 0 Å². The van der Waals surface area contributed by atoms with E-state index in [0.717, 1.165) is 30.4 Å². The summed E-state index contributed by atoms with van der Waals surface area (Å²) in [6.45, 7) is 4.10. The zero-order chi connectivity index (χ0) is 11.3. The summed E-state index contributed by atoms with van der Waals surface area (Å²) < 4.78 is 13.1. The number of benzene rings is 1. The average Bonchev–Trinajstić information content (AvgIpc) is 2.18. The minimum Gasteiger partial charge on any atom is -0.317 e. The molecule has 0 spiro atoms. The SMILES string of the molecule is CCC(CCc1cc(C)cc(F)c1)NC. The van der Waals surface area contributed by atoms with Crippen LogP contribution in [-0.4, -0.2) is 13.1 Å². The zero-order valence-corrected chi connectivity index (χ0v) is 9.81. The monoisotopic (exact) mass is 209 g/mol. The van der Waals surface area contributed by atoms with E-state index >= 15 is 0 Å². The smallest absolute Gasteiger partial charge is 0.123 e. The van der Waals surface area contributed by atoms with Crippen LogP contribution in [0.4, 0.5) is 4.39 Å². The van der Waals surface area contributed by atoms with Crippen LogP contribution in [0.2, 0.25) is 0 Å². The van der Waals surface area contributed by atoms with Gasteiger partial charge in [0.2, 0.25) is 0 Å². The van der Waals surface area contributed by atoms with E-state index in [9.17, 15) is 4.39 Å². The van der Waals surface area contributed by atoms with E-state index in [4.69, 9.17) is 0 Å². The molecule has 1 atom stereocenters. The van der Waals surface area contributed by atoms with Gasteiger partial charge in [0.25, 0.3) is 0 Å². The Morgan fingerprint density at radius 1 is 1.33 bits per heavy atom. The Labute approximate surface area is 91.7 Å². The quantitative estimate of drug-likeness (QED) is 0.786. The maximum atomic E-state index is 13.1.